The standard InChI is InChI=1S/C16H10FNO4S2/c17-10-3-1-2-9(6-10)12-5-4-11(22-12)7-13-15(21)18(8-14(19)20)16(23)24-13/h1-7H,8H2,(H,19,20)/b13-7+. The lowest BCUT2D eigenvalue weighted by atomic mass is 10.2. The van der Waals surface area contributed by atoms with Crippen molar-refractivity contribution in [3.05, 3.63) is 52.9 Å². The largest absolute Gasteiger partial charge is 0.480 e. The average molecular weight is 363 g/mol. The molecule has 0 aliphatic carbocycles. The number of furan rings is 1. The number of hydrogen-bond donors (Lipinski definition) is 1. The van der Waals surface area contributed by atoms with Gasteiger partial charge in [0.25, 0.3) is 5.91 Å². The molecule has 0 spiro atoms. The Bertz CT molecular complexity index is 874. The minimum absolute atomic E-state index is 0.186. The Kier molecular flexibility index (Phi) is 4.50. The second kappa shape index (κ2) is 6.58. The SMILES string of the molecule is O=C(O)CN1C(=O)/C(=C\c2ccc(-c3cccc(F)c3)o2)SC1=S. The predicted molar refractivity (Wildman–Crippen MR) is 91.6 cm³/mol. The smallest absolute Gasteiger partial charge is 0.323 e. The first-order valence-corrected chi connectivity index (χ1v) is 7.99. The molecule has 122 valence electrons. The highest BCUT2D eigenvalue weighted by atomic mass is 32.2. The van der Waals surface area contributed by atoms with Crippen molar-refractivity contribution < 1.29 is 23.5 Å². The van der Waals surface area contributed by atoms with Gasteiger partial charge in [-0.2, -0.15) is 0 Å². The number of amides is 1. The number of carboxylic acid groups (broad SMARTS) is 1. The Balaban J connectivity index is 1.84. The molecule has 0 atom stereocenters. The van der Waals surface area contributed by atoms with Crippen molar-refractivity contribution in [2.75, 3.05) is 6.54 Å². The van der Waals surface area contributed by atoms with E-state index in [9.17, 15) is 14.0 Å². The van der Waals surface area contributed by atoms with Gasteiger partial charge < -0.3 is 9.52 Å². The summed E-state index contributed by atoms with van der Waals surface area (Å²) in [6.07, 6.45) is 1.49. The summed E-state index contributed by atoms with van der Waals surface area (Å²) in [5.74, 6) is -1.14. The van der Waals surface area contributed by atoms with Crippen LogP contribution in [-0.4, -0.2) is 32.7 Å². The zero-order valence-corrected chi connectivity index (χ0v) is 13.7. The van der Waals surface area contributed by atoms with Crippen molar-refractivity contribution in [1.29, 1.82) is 0 Å². The van der Waals surface area contributed by atoms with E-state index in [-0.39, 0.29) is 15.0 Å². The fourth-order valence-corrected chi connectivity index (χ4v) is 3.36. The summed E-state index contributed by atoms with van der Waals surface area (Å²) in [5.41, 5.74) is 0.577. The van der Waals surface area contributed by atoms with Gasteiger partial charge in [0.15, 0.2) is 0 Å². The Morgan fingerprint density at radius 3 is 2.88 bits per heavy atom. The van der Waals surface area contributed by atoms with Crippen molar-refractivity contribution >= 4 is 46.3 Å². The molecule has 0 radical (unpaired) electrons. The number of thiocarbonyl (C=S) groups is 1. The van der Waals surface area contributed by atoms with E-state index in [0.717, 1.165) is 16.7 Å². The molecule has 0 saturated carbocycles. The molecule has 2 heterocycles. The third kappa shape index (κ3) is 3.39. The number of rotatable bonds is 4. The topological polar surface area (TPSA) is 70.8 Å². The maximum Gasteiger partial charge on any atom is 0.323 e. The van der Waals surface area contributed by atoms with E-state index in [4.69, 9.17) is 21.7 Å². The van der Waals surface area contributed by atoms with Crippen LogP contribution in [0.1, 0.15) is 5.76 Å². The van der Waals surface area contributed by atoms with Gasteiger partial charge in [-0.25, -0.2) is 4.39 Å². The lowest BCUT2D eigenvalue weighted by Gasteiger charge is -2.09. The molecule has 5 nitrogen and oxygen atoms in total. The molecular formula is C16H10FNO4S2. The molecule has 1 aromatic carbocycles. The van der Waals surface area contributed by atoms with Crippen LogP contribution in [0, 0.1) is 5.82 Å². The van der Waals surface area contributed by atoms with E-state index in [1.54, 1.807) is 24.3 Å². The maximum absolute atomic E-state index is 13.3. The van der Waals surface area contributed by atoms with E-state index >= 15 is 0 Å². The number of nitrogens with zero attached hydrogens (tertiary/aromatic N) is 1. The molecule has 1 aliphatic heterocycles. The zero-order chi connectivity index (χ0) is 17.3. The monoisotopic (exact) mass is 363 g/mol. The Hall–Kier alpha value is -2.45. The number of aliphatic carboxylic acids is 1. The first-order chi connectivity index (χ1) is 11.4. The van der Waals surface area contributed by atoms with Crippen LogP contribution in [0.2, 0.25) is 0 Å². The van der Waals surface area contributed by atoms with Crippen LogP contribution >= 0.6 is 24.0 Å². The summed E-state index contributed by atoms with van der Waals surface area (Å²) >= 11 is 6.03. The third-order valence-corrected chi connectivity index (χ3v) is 4.55. The van der Waals surface area contributed by atoms with Gasteiger partial charge in [-0.1, -0.05) is 36.1 Å². The second-order valence-electron chi connectivity index (χ2n) is 4.87. The summed E-state index contributed by atoms with van der Waals surface area (Å²) in [7, 11) is 0. The first kappa shape index (κ1) is 16.4. The van der Waals surface area contributed by atoms with Gasteiger partial charge in [0.2, 0.25) is 0 Å². The molecule has 1 aromatic heterocycles. The molecule has 1 saturated heterocycles. The first-order valence-electron chi connectivity index (χ1n) is 6.77. The van der Waals surface area contributed by atoms with Crippen molar-refractivity contribution in [1.82, 2.24) is 4.90 Å². The highest BCUT2D eigenvalue weighted by Gasteiger charge is 2.33. The van der Waals surface area contributed by atoms with E-state index < -0.39 is 18.4 Å². The molecule has 24 heavy (non-hydrogen) atoms. The Morgan fingerprint density at radius 2 is 2.17 bits per heavy atom. The van der Waals surface area contributed by atoms with Crippen molar-refractivity contribution in [3.8, 4) is 11.3 Å². The van der Waals surface area contributed by atoms with Gasteiger partial charge in [-0.05, 0) is 24.3 Å². The van der Waals surface area contributed by atoms with Crippen LogP contribution in [-0.2, 0) is 9.59 Å². The summed E-state index contributed by atoms with van der Waals surface area (Å²) in [5, 5.41) is 8.81. The highest BCUT2D eigenvalue weighted by Crippen LogP contribution is 2.33. The van der Waals surface area contributed by atoms with Crippen molar-refractivity contribution in [2.24, 2.45) is 0 Å². The molecule has 3 rings (SSSR count). The van der Waals surface area contributed by atoms with E-state index in [1.807, 2.05) is 0 Å². The number of thioether (sulfide) groups is 1. The fraction of sp³-hybridized carbons (Fsp3) is 0.0625. The number of carbonyl (C=O) groups excluding carboxylic acids is 1. The molecule has 0 bridgehead atoms. The Labute approximate surface area is 145 Å². The highest BCUT2D eigenvalue weighted by molar-refractivity contribution is 8.26. The fourth-order valence-electron chi connectivity index (χ4n) is 2.13. The molecular weight excluding hydrogens is 353 g/mol. The summed E-state index contributed by atoms with van der Waals surface area (Å²) < 4.78 is 19.0. The van der Waals surface area contributed by atoms with Crippen LogP contribution in [0.25, 0.3) is 17.4 Å². The lowest BCUT2D eigenvalue weighted by molar-refractivity contribution is -0.140. The molecule has 1 aliphatic rings. The van der Waals surface area contributed by atoms with Crippen molar-refractivity contribution in [3.63, 3.8) is 0 Å². The summed E-state index contributed by atoms with van der Waals surface area (Å²) in [6.45, 7) is -0.477. The van der Waals surface area contributed by atoms with Crippen molar-refractivity contribution in [2.45, 2.75) is 0 Å². The zero-order valence-electron chi connectivity index (χ0n) is 12.1. The van der Waals surface area contributed by atoms with Gasteiger partial charge in [0.1, 0.15) is 28.2 Å². The minimum Gasteiger partial charge on any atom is -0.480 e. The molecule has 1 N–H and O–H groups in total. The third-order valence-electron chi connectivity index (χ3n) is 3.18. The maximum atomic E-state index is 13.3. The summed E-state index contributed by atoms with van der Waals surface area (Å²) in [4.78, 5) is 24.2. The molecule has 1 amide bonds. The van der Waals surface area contributed by atoms with Gasteiger partial charge in [0.05, 0.1) is 4.91 Å². The minimum atomic E-state index is -1.14. The number of halogens is 1. The van der Waals surface area contributed by atoms with Crippen LogP contribution in [0.3, 0.4) is 0 Å². The Morgan fingerprint density at radius 1 is 1.38 bits per heavy atom. The molecule has 0 unspecified atom stereocenters. The average Bonchev–Trinajstić information content (AvgIpc) is 3.08. The molecule has 8 heteroatoms. The number of carboxylic acids is 1. The second-order valence-corrected chi connectivity index (χ2v) is 6.55. The number of carbonyl (C=O) groups is 2. The predicted octanol–water partition coefficient (Wildman–Crippen LogP) is 3.37. The lowest BCUT2D eigenvalue weighted by Crippen LogP contribution is -2.33. The van der Waals surface area contributed by atoms with Gasteiger partial charge >= 0.3 is 5.97 Å². The number of benzene rings is 1. The van der Waals surface area contributed by atoms with E-state index in [2.05, 4.69) is 0 Å². The quantitative estimate of drug-likeness (QED) is 0.663. The van der Waals surface area contributed by atoms with Crippen LogP contribution in [0.15, 0.2) is 45.7 Å². The van der Waals surface area contributed by atoms with Crippen LogP contribution < -0.4 is 0 Å². The normalized spacial score (nSPS) is 16.2. The number of hydrogen-bond acceptors (Lipinski definition) is 5. The van der Waals surface area contributed by atoms with Gasteiger partial charge in [-0.15, -0.1) is 0 Å². The van der Waals surface area contributed by atoms with Gasteiger partial charge in [-0.3, -0.25) is 14.5 Å². The van der Waals surface area contributed by atoms with Crippen LogP contribution in [0.4, 0.5) is 4.39 Å². The van der Waals surface area contributed by atoms with E-state index in [1.165, 1.54) is 18.2 Å². The van der Waals surface area contributed by atoms with E-state index in [0.29, 0.717) is 17.1 Å². The van der Waals surface area contributed by atoms with Crippen LogP contribution in [0.5, 0.6) is 0 Å². The summed E-state index contributed by atoms with van der Waals surface area (Å²) in [6, 6.07) is 9.26. The molecule has 1 fully saturated rings. The molecule has 2 aromatic rings. The van der Waals surface area contributed by atoms with Gasteiger partial charge in [0, 0.05) is 11.6 Å².